The molecule has 0 aliphatic heterocycles. The average Bonchev–Trinajstić information content (AvgIpc) is 2.54. The van der Waals surface area contributed by atoms with Crippen LogP contribution in [0, 0.1) is 17.7 Å². The fraction of sp³-hybridized carbons (Fsp3) is 0.529. The molecule has 6 heteroatoms. The Balaban J connectivity index is 2.05. The Kier molecular flexibility index (Phi) is 5.58. The predicted octanol–water partition coefficient (Wildman–Crippen LogP) is 2.90. The number of amides is 1. The van der Waals surface area contributed by atoms with E-state index in [1.54, 1.807) is 6.92 Å². The maximum absolute atomic E-state index is 13.4. The first kappa shape index (κ1) is 17.2. The number of carbonyl (C=O) groups is 2. The molecule has 126 valence electrons. The number of halogens is 1. The number of methoxy groups -OCH3 is 1. The van der Waals surface area contributed by atoms with Crippen molar-refractivity contribution in [2.75, 3.05) is 7.11 Å². The highest BCUT2D eigenvalue weighted by Gasteiger charge is 2.31. The molecule has 0 aromatic heterocycles. The number of rotatable bonds is 5. The highest BCUT2D eigenvalue weighted by Crippen LogP contribution is 2.31. The first-order chi connectivity index (χ1) is 10.9. The smallest absolute Gasteiger partial charge is 0.306 e. The van der Waals surface area contributed by atoms with E-state index in [1.165, 1.54) is 25.3 Å². The van der Waals surface area contributed by atoms with E-state index in [0.29, 0.717) is 30.6 Å². The molecule has 1 aliphatic rings. The molecular formula is C17H22FNO4. The minimum Gasteiger partial charge on any atom is -0.496 e. The fourth-order valence-electron chi connectivity index (χ4n) is 3.10. The summed E-state index contributed by atoms with van der Waals surface area (Å²) in [7, 11) is 1.49. The lowest BCUT2D eigenvalue weighted by Crippen LogP contribution is -2.36. The van der Waals surface area contributed by atoms with Crippen molar-refractivity contribution in [3.63, 3.8) is 0 Å². The van der Waals surface area contributed by atoms with E-state index in [1.807, 2.05) is 0 Å². The Labute approximate surface area is 134 Å². The topological polar surface area (TPSA) is 75.6 Å². The van der Waals surface area contributed by atoms with Crippen molar-refractivity contribution in [1.29, 1.82) is 0 Å². The Morgan fingerprint density at radius 2 is 2.04 bits per heavy atom. The number of hydrogen-bond donors (Lipinski definition) is 2. The molecule has 1 aliphatic carbocycles. The van der Waals surface area contributed by atoms with Gasteiger partial charge < -0.3 is 15.2 Å². The Hall–Kier alpha value is -2.11. The van der Waals surface area contributed by atoms with Crippen LogP contribution in [0.2, 0.25) is 0 Å². The van der Waals surface area contributed by atoms with Crippen molar-refractivity contribution in [3.05, 3.63) is 29.6 Å². The monoisotopic (exact) mass is 323 g/mol. The Bertz CT molecular complexity index is 590. The summed E-state index contributed by atoms with van der Waals surface area (Å²) in [5.74, 6) is -1.70. The summed E-state index contributed by atoms with van der Waals surface area (Å²) in [5.41, 5.74) is 0.562. The molecule has 3 unspecified atom stereocenters. The molecule has 0 bridgehead atoms. The maximum Gasteiger partial charge on any atom is 0.306 e. The number of carboxylic acid groups (broad SMARTS) is 1. The summed E-state index contributed by atoms with van der Waals surface area (Å²) < 4.78 is 18.6. The second kappa shape index (κ2) is 7.44. The van der Waals surface area contributed by atoms with Crippen LogP contribution in [0.5, 0.6) is 5.75 Å². The molecule has 1 aromatic carbocycles. The number of nitrogens with one attached hydrogen (secondary N) is 1. The third-order valence-electron chi connectivity index (χ3n) is 4.41. The number of ether oxygens (including phenoxy) is 1. The average molecular weight is 323 g/mol. The molecule has 23 heavy (non-hydrogen) atoms. The summed E-state index contributed by atoms with van der Waals surface area (Å²) in [6.45, 7) is 1.76. The van der Waals surface area contributed by atoms with E-state index in [2.05, 4.69) is 5.32 Å². The van der Waals surface area contributed by atoms with Gasteiger partial charge in [0.2, 0.25) is 5.91 Å². The zero-order valence-electron chi connectivity index (χ0n) is 13.3. The van der Waals surface area contributed by atoms with Gasteiger partial charge in [0.25, 0.3) is 0 Å². The zero-order chi connectivity index (χ0) is 17.0. The first-order valence-electron chi connectivity index (χ1n) is 7.79. The quantitative estimate of drug-likeness (QED) is 0.873. The fourth-order valence-corrected chi connectivity index (χ4v) is 3.10. The first-order valence-corrected chi connectivity index (χ1v) is 7.79. The maximum atomic E-state index is 13.4. The minimum atomic E-state index is -0.845. The molecule has 0 spiro atoms. The van der Waals surface area contributed by atoms with Crippen LogP contribution in [-0.4, -0.2) is 24.1 Å². The summed E-state index contributed by atoms with van der Waals surface area (Å²) >= 11 is 0. The van der Waals surface area contributed by atoms with Gasteiger partial charge in [-0.2, -0.15) is 0 Å². The van der Waals surface area contributed by atoms with Crippen molar-refractivity contribution >= 4 is 11.9 Å². The molecular weight excluding hydrogens is 301 g/mol. The van der Waals surface area contributed by atoms with Gasteiger partial charge in [-0.25, -0.2) is 4.39 Å². The van der Waals surface area contributed by atoms with Gasteiger partial charge in [0.1, 0.15) is 11.6 Å². The zero-order valence-corrected chi connectivity index (χ0v) is 13.3. The van der Waals surface area contributed by atoms with Crippen molar-refractivity contribution in [2.45, 2.75) is 38.6 Å². The molecule has 1 aromatic rings. The molecule has 0 saturated heterocycles. The molecule has 0 heterocycles. The number of hydrogen-bond acceptors (Lipinski definition) is 3. The van der Waals surface area contributed by atoms with Gasteiger partial charge >= 0.3 is 5.97 Å². The summed E-state index contributed by atoms with van der Waals surface area (Å²) in [6, 6.07) is 3.74. The van der Waals surface area contributed by atoms with Gasteiger partial charge in [0, 0.05) is 11.5 Å². The Morgan fingerprint density at radius 3 is 2.70 bits per heavy atom. The van der Waals surface area contributed by atoms with Crippen LogP contribution in [0.1, 0.15) is 44.2 Å². The molecule has 1 saturated carbocycles. The lowest BCUT2D eigenvalue weighted by atomic mass is 9.81. The van der Waals surface area contributed by atoms with Gasteiger partial charge in [0.15, 0.2) is 0 Å². The number of carbonyl (C=O) groups excluding carboxylic acids is 1. The summed E-state index contributed by atoms with van der Waals surface area (Å²) in [6.07, 6.45) is 2.38. The molecule has 0 radical (unpaired) electrons. The number of benzene rings is 1. The van der Waals surface area contributed by atoms with Gasteiger partial charge in [-0.1, -0.05) is 6.42 Å². The number of aliphatic carboxylic acids is 1. The van der Waals surface area contributed by atoms with Gasteiger partial charge in [-0.3, -0.25) is 9.59 Å². The minimum absolute atomic E-state index is 0.185. The van der Waals surface area contributed by atoms with Gasteiger partial charge in [-0.05, 0) is 44.4 Å². The largest absolute Gasteiger partial charge is 0.496 e. The van der Waals surface area contributed by atoms with Crippen LogP contribution in [0.4, 0.5) is 4.39 Å². The normalized spacial score (nSPS) is 22.2. The lowest BCUT2D eigenvalue weighted by molar-refractivity contribution is -0.144. The van der Waals surface area contributed by atoms with Gasteiger partial charge in [-0.15, -0.1) is 0 Å². The van der Waals surface area contributed by atoms with Crippen LogP contribution in [0.3, 0.4) is 0 Å². The summed E-state index contributed by atoms with van der Waals surface area (Å²) in [4.78, 5) is 23.5. The molecule has 1 amide bonds. The molecule has 1 fully saturated rings. The molecule has 5 nitrogen and oxygen atoms in total. The van der Waals surface area contributed by atoms with Crippen LogP contribution in [0.25, 0.3) is 0 Å². The van der Waals surface area contributed by atoms with Crippen LogP contribution < -0.4 is 10.1 Å². The van der Waals surface area contributed by atoms with Crippen molar-refractivity contribution in [3.8, 4) is 5.75 Å². The highest BCUT2D eigenvalue weighted by molar-refractivity contribution is 5.80. The second-order valence-electron chi connectivity index (χ2n) is 6.02. The van der Waals surface area contributed by atoms with E-state index < -0.39 is 23.7 Å². The van der Waals surface area contributed by atoms with E-state index >= 15 is 0 Å². The predicted molar refractivity (Wildman–Crippen MR) is 82.6 cm³/mol. The molecule has 3 atom stereocenters. The third kappa shape index (κ3) is 4.21. The molecule has 2 rings (SSSR count). The van der Waals surface area contributed by atoms with E-state index in [0.717, 1.165) is 6.42 Å². The van der Waals surface area contributed by atoms with Crippen LogP contribution in [-0.2, 0) is 9.59 Å². The second-order valence-corrected chi connectivity index (χ2v) is 6.02. The number of carboxylic acids is 1. The summed E-state index contributed by atoms with van der Waals surface area (Å²) in [5, 5.41) is 12.0. The van der Waals surface area contributed by atoms with Crippen molar-refractivity contribution in [2.24, 2.45) is 11.8 Å². The van der Waals surface area contributed by atoms with E-state index in [9.17, 15) is 14.0 Å². The van der Waals surface area contributed by atoms with E-state index in [-0.39, 0.29) is 11.8 Å². The highest BCUT2D eigenvalue weighted by atomic mass is 19.1. The lowest BCUT2D eigenvalue weighted by Gasteiger charge is -2.27. The third-order valence-corrected chi connectivity index (χ3v) is 4.41. The van der Waals surface area contributed by atoms with Crippen molar-refractivity contribution in [1.82, 2.24) is 5.32 Å². The standard InChI is InChI=1S/C17H22FNO4/c1-10(14-9-13(18)6-7-15(14)23-2)19-16(20)11-4-3-5-12(8-11)17(21)22/h6-7,9-12H,3-5,8H2,1-2H3,(H,19,20)(H,21,22). The Morgan fingerprint density at radius 1 is 1.35 bits per heavy atom. The molecule has 2 N–H and O–H groups in total. The van der Waals surface area contributed by atoms with Gasteiger partial charge in [0.05, 0.1) is 19.1 Å². The van der Waals surface area contributed by atoms with E-state index in [4.69, 9.17) is 9.84 Å². The van der Waals surface area contributed by atoms with Crippen molar-refractivity contribution < 1.29 is 23.8 Å². The van der Waals surface area contributed by atoms with Crippen LogP contribution in [0.15, 0.2) is 18.2 Å². The van der Waals surface area contributed by atoms with Crippen LogP contribution >= 0.6 is 0 Å². The SMILES string of the molecule is COc1ccc(F)cc1C(C)NC(=O)C1CCCC(C(=O)O)C1.